The number of rotatable bonds is 12. The molecular weight excluding hydrogens is 488 g/mol. The van der Waals surface area contributed by atoms with Gasteiger partial charge in [-0.05, 0) is 46.6 Å². The van der Waals surface area contributed by atoms with Crippen LogP contribution in [0.5, 0.6) is 0 Å². The van der Waals surface area contributed by atoms with Gasteiger partial charge in [0.2, 0.25) is 0 Å². The first-order valence-corrected chi connectivity index (χ1v) is 12.7. The van der Waals surface area contributed by atoms with Crippen molar-refractivity contribution in [3.8, 4) is 0 Å². The lowest BCUT2D eigenvalue weighted by Gasteiger charge is -2.32. The molecule has 1 aliphatic rings. The second kappa shape index (κ2) is 19.8. The Hall–Kier alpha value is -3.23. The van der Waals surface area contributed by atoms with Crippen molar-refractivity contribution in [2.75, 3.05) is 26.4 Å². The van der Waals surface area contributed by atoms with Crippen LogP contribution in [0.4, 0.5) is 0 Å². The second-order valence-electron chi connectivity index (χ2n) is 8.90. The van der Waals surface area contributed by atoms with Crippen LogP contribution in [-0.4, -0.2) is 50.6 Å². The number of hydrogen-bond donors (Lipinski definition) is 0. The molecule has 212 valence electrons. The average molecular weight is 533 g/mol. The van der Waals surface area contributed by atoms with Crippen molar-refractivity contribution in [1.82, 2.24) is 0 Å². The minimum atomic E-state index is -0.482. The van der Waals surface area contributed by atoms with E-state index in [1.807, 2.05) is 37.3 Å². The average Bonchev–Trinajstić information content (AvgIpc) is 2.84. The Morgan fingerprint density at radius 3 is 1.84 bits per heavy atom. The number of esters is 3. The van der Waals surface area contributed by atoms with Gasteiger partial charge in [-0.2, -0.15) is 0 Å². The largest absolute Gasteiger partial charge is 0.462 e. The number of hydrogen-bond acceptors (Lipinski definition) is 8. The van der Waals surface area contributed by atoms with Crippen LogP contribution >= 0.6 is 0 Å². The Bertz CT molecular complexity index is 902. The predicted molar refractivity (Wildman–Crippen MR) is 147 cm³/mol. The molecule has 0 aromatic heterocycles. The van der Waals surface area contributed by atoms with Crippen molar-refractivity contribution in [2.45, 2.75) is 60.9 Å². The van der Waals surface area contributed by atoms with E-state index in [1.165, 1.54) is 0 Å². The molecule has 1 fully saturated rings. The maximum atomic E-state index is 11.1. The summed E-state index contributed by atoms with van der Waals surface area (Å²) in [4.78, 5) is 33.0. The topological polar surface area (TPSA) is 97.4 Å². The van der Waals surface area contributed by atoms with Gasteiger partial charge in [-0.1, -0.05) is 57.0 Å². The molecule has 38 heavy (non-hydrogen) atoms. The van der Waals surface area contributed by atoms with E-state index in [9.17, 15) is 14.4 Å². The van der Waals surface area contributed by atoms with E-state index in [0.717, 1.165) is 25.2 Å². The molecular formula is C30H44O8. The predicted octanol–water partition coefficient (Wildman–Crippen LogP) is 5.57. The molecule has 1 heterocycles. The summed E-state index contributed by atoms with van der Waals surface area (Å²) in [7, 11) is 0. The van der Waals surface area contributed by atoms with Crippen molar-refractivity contribution in [3.05, 3.63) is 72.4 Å². The molecule has 0 spiro atoms. The van der Waals surface area contributed by atoms with E-state index < -0.39 is 12.3 Å². The normalized spacial score (nSPS) is 13.5. The summed E-state index contributed by atoms with van der Waals surface area (Å²) >= 11 is 0. The Kier molecular flexibility index (Phi) is 18.1. The third kappa shape index (κ3) is 15.8. The summed E-state index contributed by atoms with van der Waals surface area (Å²) in [5.41, 5.74) is 2.26. The van der Waals surface area contributed by atoms with Crippen molar-refractivity contribution >= 4 is 17.9 Å². The SMILES string of the molecule is C=C(C)C(=O)OC(C)OCC.C=C(C)C(=O)OCC(CC)C1COC1.C=C(C)C(=O)OCc1ccccc1. The minimum Gasteiger partial charge on any atom is -0.462 e. The van der Waals surface area contributed by atoms with E-state index >= 15 is 0 Å². The molecule has 0 radical (unpaired) electrons. The molecule has 1 aliphatic heterocycles. The Balaban J connectivity index is 0.000000545. The first-order chi connectivity index (χ1) is 17.9. The highest BCUT2D eigenvalue weighted by molar-refractivity contribution is 5.87. The maximum Gasteiger partial charge on any atom is 0.335 e. The monoisotopic (exact) mass is 532 g/mol. The van der Waals surface area contributed by atoms with Crippen LogP contribution in [0.25, 0.3) is 0 Å². The van der Waals surface area contributed by atoms with Gasteiger partial charge in [0.15, 0.2) is 6.29 Å². The lowest BCUT2D eigenvalue weighted by Crippen LogP contribution is -2.36. The van der Waals surface area contributed by atoms with Crippen molar-refractivity contribution < 1.29 is 38.1 Å². The van der Waals surface area contributed by atoms with E-state index in [-0.39, 0.29) is 11.9 Å². The summed E-state index contributed by atoms with van der Waals surface area (Å²) < 4.78 is 25.0. The molecule has 0 N–H and O–H groups in total. The highest BCUT2D eigenvalue weighted by Crippen LogP contribution is 2.23. The number of carbonyl (C=O) groups excluding carboxylic acids is 3. The Morgan fingerprint density at radius 1 is 0.895 bits per heavy atom. The van der Waals surface area contributed by atoms with E-state index in [0.29, 0.717) is 48.4 Å². The Labute approximate surface area is 227 Å². The van der Waals surface area contributed by atoms with Gasteiger partial charge in [0.1, 0.15) is 6.61 Å². The summed E-state index contributed by atoms with van der Waals surface area (Å²) in [6, 6.07) is 9.55. The molecule has 8 heteroatoms. The van der Waals surface area contributed by atoms with Gasteiger partial charge in [-0.25, -0.2) is 14.4 Å². The van der Waals surface area contributed by atoms with Gasteiger partial charge in [-0.15, -0.1) is 0 Å². The number of benzene rings is 1. The summed E-state index contributed by atoms with van der Waals surface area (Å²) in [6.45, 7) is 23.9. The van der Waals surface area contributed by atoms with Crippen molar-refractivity contribution in [3.63, 3.8) is 0 Å². The van der Waals surface area contributed by atoms with Crippen molar-refractivity contribution in [2.24, 2.45) is 11.8 Å². The molecule has 2 rings (SSSR count). The van der Waals surface area contributed by atoms with Gasteiger partial charge in [0.25, 0.3) is 0 Å². The fraction of sp³-hybridized carbons (Fsp3) is 0.500. The fourth-order valence-corrected chi connectivity index (χ4v) is 2.79. The highest BCUT2D eigenvalue weighted by Gasteiger charge is 2.28. The zero-order valence-corrected chi connectivity index (χ0v) is 23.7. The standard InChI is InChI=1S/C11H18O3.C11H12O2.C8H14O3/c1-4-9(10-5-13-6-10)7-14-11(12)8(2)3;1-9(2)11(12)13-8-10-6-4-3-5-7-10;1-5-10-7(4)11-8(9)6(2)3/h9-10H,2,4-7H2,1,3H3;3-7H,1,8H2,2H3;7H,2,5H2,1,3-4H3. The van der Waals surface area contributed by atoms with Gasteiger partial charge in [0.05, 0.1) is 19.8 Å². The van der Waals surface area contributed by atoms with Crippen LogP contribution in [-0.2, 0) is 44.7 Å². The third-order valence-electron chi connectivity index (χ3n) is 5.22. The number of ether oxygens (including phenoxy) is 5. The Morgan fingerprint density at radius 2 is 1.42 bits per heavy atom. The van der Waals surface area contributed by atoms with Crippen LogP contribution < -0.4 is 0 Å². The molecule has 0 bridgehead atoms. The maximum absolute atomic E-state index is 11.1. The molecule has 0 saturated carbocycles. The van der Waals surface area contributed by atoms with E-state index in [2.05, 4.69) is 26.7 Å². The summed E-state index contributed by atoms with van der Waals surface area (Å²) in [5.74, 6) is -0.0385. The molecule has 1 aromatic rings. The van der Waals surface area contributed by atoms with Gasteiger partial charge in [0, 0.05) is 35.2 Å². The van der Waals surface area contributed by atoms with Crippen molar-refractivity contribution in [1.29, 1.82) is 0 Å². The molecule has 1 aromatic carbocycles. The smallest absolute Gasteiger partial charge is 0.335 e. The molecule has 0 amide bonds. The van der Waals surface area contributed by atoms with E-state index in [1.54, 1.807) is 27.7 Å². The molecule has 8 nitrogen and oxygen atoms in total. The zero-order chi connectivity index (χ0) is 29.1. The van der Waals surface area contributed by atoms with Crippen LogP contribution in [0.2, 0.25) is 0 Å². The fourth-order valence-electron chi connectivity index (χ4n) is 2.79. The van der Waals surface area contributed by atoms with Crippen LogP contribution in [0.15, 0.2) is 66.8 Å². The molecule has 0 aliphatic carbocycles. The van der Waals surface area contributed by atoms with Crippen LogP contribution in [0.3, 0.4) is 0 Å². The molecule has 2 unspecified atom stereocenters. The first kappa shape index (κ1) is 34.8. The molecule has 1 saturated heterocycles. The van der Waals surface area contributed by atoms with Gasteiger partial charge in [-0.3, -0.25) is 0 Å². The van der Waals surface area contributed by atoms with Crippen LogP contribution in [0, 0.1) is 11.8 Å². The molecule has 2 atom stereocenters. The van der Waals surface area contributed by atoms with E-state index in [4.69, 9.17) is 23.7 Å². The van der Waals surface area contributed by atoms with Crippen LogP contribution in [0.1, 0.15) is 53.5 Å². The lowest BCUT2D eigenvalue weighted by atomic mass is 9.89. The number of carbonyl (C=O) groups is 3. The zero-order valence-electron chi connectivity index (χ0n) is 23.7. The first-order valence-electron chi connectivity index (χ1n) is 12.7. The quantitative estimate of drug-likeness (QED) is 0.149. The lowest BCUT2D eigenvalue weighted by molar-refractivity contribution is -0.169. The highest BCUT2D eigenvalue weighted by atomic mass is 16.7. The minimum absolute atomic E-state index is 0.288. The van der Waals surface area contributed by atoms with Gasteiger partial charge >= 0.3 is 17.9 Å². The third-order valence-corrected chi connectivity index (χ3v) is 5.22. The second-order valence-corrected chi connectivity index (χ2v) is 8.90. The van der Waals surface area contributed by atoms with Gasteiger partial charge < -0.3 is 23.7 Å². The summed E-state index contributed by atoms with van der Waals surface area (Å²) in [5, 5.41) is 0. The summed E-state index contributed by atoms with van der Waals surface area (Å²) in [6.07, 6.45) is 0.543.